The third-order valence-corrected chi connectivity index (χ3v) is 5.27. The predicted octanol–water partition coefficient (Wildman–Crippen LogP) is 3.96. The zero-order chi connectivity index (χ0) is 19.4. The number of thioether (sulfide) groups is 1. The van der Waals surface area contributed by atoms with Gasteiger partial charge in [0.1, 0.15) is 0 Å². The topological polar surface area (TPSA) is 84.5 Å². The minimum atomic E-state index is -1.02. The van der Waals surface area contributed by atoms with E-state index in [-0.39, 0.29) is 11.5 Å². The normalized spacial score (nSPS) is 14.4. The van der Waals surface area contributed by atoms with E-state index in [0.717, 1.165) is 4.90 Å². The number of hydrogen-bond donors (Lipinski definition) is 2. The Kier molecular flexibility index (Phi) is 6.03. The number of hydrogen-bond acceptors (Lipinski definition) is 5. The second-order valence-electron chi connectivity index (χ2n) is 5.87. The molecule has 0 spiro atoms. The molecule has 1 aliphatic heterocycles. The molecule has 0 bridgehead atoms. The van der Waals surface area contributed by atoms with E-state index in [1.54, 1.807) is 54.2 Å². The van der Waals surface area contributed by atoms with Gasteiger partial charge in [-0.15, -0.1) is 11.8 Å². The van der Waals surface area contributed by atoms with Gasteiger partial charge in [-0.25, -0.2) is 4.79 Å². The summed E-state index contributed by atoms with van der Waals surface area (Å²) >= 11 is 7.55. The Morgan fingerprint density at radius 3 is 2.81 bits per heavy atom. The lowest BCUT2D eigenvalue weighted by Gasteiger charge is -2.15. The Hall–Kier alpha value is -2.51. The van der Waals surface area contributed by atoms with Crippen molar-refractivity contribution in [1.29, 1.82) is 0 Å². The van der Waals surface area contributed by atoms with Gasteiger partial charge in [0.05, 0.1) is 22.0 Å². The van der Waals surface area contributed by atoms with E-state index in [1.807, 2.05) is 0 Å². The van der Waals surface area contributed by atoms with Crippen molar-refractivity contribution in [1.82, 2.24) is 0 Å². The Morgan fingerprint density at radius 2 is 2.04 bits per heavy atom. The molecule has 6 nitrogen and oxygen atoms in total. The van der Waals surface area contributed by atoms with Crippen LogP contribution in [0.2, 0.25) is 5.02 Å². The molecular formula is C19H17ClN2O4S. The van der Waals surface area contributed by atoms with Gasteiger partial charge in [0.2, 0.25) is 5.91 Å². The third kappa shape index (κ3) is 4.81. The number of halogens is 1. The van der Waals surface area contributed by atoms with Gasteiger partial charge < -0.3 is 15.4 Å². The number of ether oxygens (including phenoxy) is 1. The molecule has 2 amide bonds. The summed E-state index contributed by atoms with van der Waals surface area (Å²) in [7, 11) is 0. The van der Waals surface area contributed by atoms with E-state index in [0.29, 0.717) is 28.6 Å². The Bertz CT molecular complexity index is 903. The van der Waals surface area contributed by atoms with Crippen molar-refractivity contribution >= 4 is 52.5 Å². The van der Waals surface area contributed by atoms with Crippen molar-refractivity contribution in [3.05, 3.63) is 53.1 Å². The van der Waals surface area contributed by atoms with Gasteiger partial charge >= 0.3 is 5.97 Å². The average Bonchev–Trinajstić information content (AvgIpc) is 2.83. The summed E-state index contributed by atoms with van der Waals surface area (Å²) in [5.41, 5.74) is 1.27. The highest BCUT2D eigenvalue weighted by atomic mass is 35.5. The first-order chi connectivity index (χ1) is 12.9. The van der Waals surface area contributed by atoms with Crippen LogP contribution in [0.25, 0.3) is 0 Å². The third-order valence-electron chi connectivity index (χ3n) is 3.86. The van der Waals surface area contributed by atoms with Crippen LogP contribution in [-0.4, -0.2) is 29.6 Å². The second-order valence-corrected chi connectivity index (χ2v) is 7.42. The number of para-hydroxylation sites is 1. The number of benzene rings is 2. The first-order valence-electron chi connectivity index (χ1n) is 8.27. The summed E-state index contributed by atoms with van der Waals surface area (Å²) in [5, 5.41) is 5.79. The first kappa shape index (κ1) is 19.3. The molecule has 0 aromatic heterocycles. The molecule has 140 valence electrons. The molecule has 1 aliphatic rings. The Morgan fingerprint density at radius 1 is 1.26 bits per heavy atom. The standard InChI is InChI=1S/C19H17ClN2O4S/c1-11(18(24)22-14-5-3-2-4-13(14)20)26-19(25)12-6-7-16-15(10-12)21-17(23)8-9-27-16/h2-7,10-11H,8-9H2,1H3,(H,21,23)(H,22,24)/t11-/m0/s1. The lowest BCUT2D eigenvalue weighted by Crippen LogP contribution is -2.30. The largest absolute Gasteiger partial charge is 0.449 e. The predicted molar refractivity (Wildman–Crippen MR) is 105 cm³/mol. The van der Waals surface area contributed by atoms with E-state index in [1.165, 1.54) is 6.92 Å². The highest BCUT2D eigenvalue weighted by Crippen LogP contribution is 2.31. The van der Waals surface area contributed by atoms with Gasteiger partial charge in [-0.1, -0.05) is 23.7 Å². The van der Waals surface area contributed by atoms with Crippen LogP contribution in [0.15, 0.2) is 47.4 Å². The van der Waals surface area contributed by atoms with Gasteiger partial charge in [-0.2, -0.15) is 0 Å². The van der Waals surface area contributed by atoms with Crippen LogP contribution in [0.4, 0.5) is 11.4 Å². The van der Waals surface area contributed by atoms with Crippen molar-refractivity contribution < 1.29 is 19.1 Å². The zero-order valence-corrected chi connectivity index (χ0v) is 16.0. The molecule has 0 unspecified atom stereocenters. The van der Waals surface area contributed by atoms with Gasteiger partial charge in [0.15, 0.2) is 6.10 Å². The van der Waals surface area contributed by atoms with Crippen LogP contribution in [-0.2, 0) is 14.3 Å². The van der Waals surface area contributed by atoms with Crippen molar-refractivity contribution in [3.8, 4) is 0 Å². The summed E-state index contributed by atoms with van der Waals surface area (Å²) in [6.07, 6.45) is -0.602. The van der Waals surface area contributed by atoms with Crippen LogP contribution in [0.1, 0.15) is 23.7 Å². The monoisotopic (exact) mass is 404 g/mol. The fraction of sp³-hybridized carbons (Fsp3) is 0.211. The minimum absolute atomic E-state index is 0.0979. The average molecular weight is 405 g/mol. The number of rotatable bonds is 4. The maximum Gasteiger partial charge on any atom is 0.338 e. The molecule has 2 aromatic carbocycles. The number of carbonyl (C=O) groups excluding carboxylic acids is 3. The summed E-state index contributed by atoms with van der Waals surface area (Å²) in [5.74, 6) is -0.556. The number of esters is 1. The molecule has 8 heteroatoms. The maximum atomic E-state index is 12.4. The number of carbonyl (C=O) groups is 3. The molecule has 27 heavy (non-hydrogen) atoms. The fourth-order valence-corrected chi connectivity index (χ4v) is 3.55. The molecule has 0 fully saturated rings. The summed E-state index contributed by atoms with van der Waals surface area (Å²) in [6.45, 7) is 1.48. The molecule has 0 saturated heterocycles. The fourth-order valence-electron chi connectivity index (χ4n) is 2.43. The second kappa shape index (κ2) is 8.45. The lowest BCUT2D eigenvalue weighted by molar-refractivity contribution is -0.123. The number of anilines is 2. The van der Waals surface area contributed by atoms with Crippen molar-refractivity contribution in [2.75, 3.05) is 16.4 Å². The zero-order valence-electron chi connectivity index (χ0n) is 14.5. The van der Waals surface area contributed by atoms with Crippen molar-refractivity contribution in [2.24, 2.45) is 0 Å². The Labute approximate surface area is 165 Å². The van der Waals surface area contributed by atoms with E-state index >= 15 is 0 Å². The highest BCUT2D eigenvalue weighted by molar-refractivity contribution is 7.99. The molecule has 0 radical (unpaired) electrons. The smallest absolute Gasteiger partial charge is 0.338 e. The van der Waals surface area contributed by atoms with Crippen molar-refractivity contribution in [2.45, 2.75) is 24.3 Å². The molecular weight excluding hydrogens is 388 g/mol. The quantitative estimate of drug-likeness (QED) is 0.753. The molecule has 1 atom stereocenters. The van der Waals surface area contributed by atoms with Gasteiger partial charge in [-0.3, -0.25) is 9.59 Å². The van der Waals surface area contributed by atoms with Crippen LogP contribution in [0.3, 0.4) is 0 Å². The van der Waals surface area contributed by atoms with Crippen LogP contribution in [0, 0.1) is 0 Å². The van der Waals surface area contributed by atoms with E-state index in [4.69, 9.17) is 16.3 Å². The number of nitrogens with one attached hydrogen (secondary N) is 2. The Balaban J connectivity index is 1.67. The molecule has 0 saturated carbocycles. The molecule has 3 rings (SSSR count). The summed E-state index contributed by atoms with van der Waals surface area (Å²) in [6, 6.07) is 11.7. The highest BCUT2D eigenvalue weighted by Gasteiger charge is 2.21. The number of amides is 2. The first-order valence-corrected chi connectivity index (χ1v) is 9.63. The molecule has 1 heterocycles. The lowest BCUT2D eigenvalue weighted by atomic mass is 10.2. The van der Waals surface area contributed by atoms with Crippen LogP contribution in [0.5, 0.6) is 0 Å². The molecule has 2 aromatic rings. The van der Waals surface area contributed by atoms with E-state index in [9.17, 15) is 14.4 Å². The van der Waals surface area contributed by atoms with Crippen molar-refractivity contribution in [3.63, 3.8) is 0 Å². The number of fused-ring (bicyclic) bond motifs is 1. The SMILES string of the molecule is C[C@H](OC(=O)c1ccc2c(c1)NC(=O)CCS2)C(=O)Nc1ccccc1Cl. The van der Waals surface area contributed by atoms with Gasteiger partial charge in [-0.05, 0) is 37.3 Å². The van der Waals surface area contributed by atoms with E-state index < -0.39 is 18.0 Å². The summed E-state index contributed by atoms with van der Waals surface area (Å²) in [4.78, 5) is 37.2. The molecule has 2 N–H and O–H groups in total. The maximum absolute atomic E-state index is 12.4. The summed E-state index contributed by atoms with van der Waals surface area (Å²) < 4.78 is 5.25. The molecule has 0 aliphatic carbocycles. The van der Waals surface area contributed by atoms with Gasteiger partial charge in [0.25, 0.3) is 5.91 Å². The van der Waals surface area contributed by atoms with E-state index in [2.05, 4.69) is 10.6 Å². The minimum Gasteiger partial charge on any atom is -0.449 e. The van der Waals surface area contributed by atoms with Crippen LogP contribution >= 0.6 is 23.4 Å². The van der Waals surface area contributed by atoms with Gasteiger partial charge in [0, 0.05) is 17.1 Å². The van der Waals surface area contributed by atoms with Crippen LogP contribution < -0.4 is 10.6 Å².